The van der Waals surface area contributed by atoms with Crippen molar-refractivity contribution in [1.82, 2.24) is 20.2 Å². The van der Waals surface area contributed by atoms with Crippen LogP contribution in [0.1, 0.15) is 48.9 Å². The Hall–Kier alpha value is -2.57. The number of rotatable bonds is 5. The van der Waals surface area contributed by atoms with Crippen LogP contribution in [0, 0.1) is 23.2 Å². The molecule has 1 aromatic heterocycles. The number of carbonyl (C=O) groups is 2. The van der Waals surface area contributed by atoms with Crippen LogP contribution in [0.5, 0.6) is 0 Å². The van der Waals surface area contributed by atoms with Gasteiger partial charge in [-0.2, -0.15) is 0 Å². The molecule has 0 radical (unpaired) electrons. The van der Waals surface area contributed by atoms with Crippen molar-refractivity contribution in [2.24, 2.45) is 23.2 Å². The first-order chi connectivity index (χ1) is 13.1. The van der Waals surface area contributed by atoms with Gasteiger partial charge in [0.05, 0.1) is 11.3 Å². The fourth-order valence-electron chi connectivity index (χ4n) is 5.87. The third-order valence-corrected chi connectivity index (χ3v) is 6.66. The Bertz CT molecular complexity index is 842. The molecule has 4 saturated carbocycles. The Labute approximate surface area is 157 Å². The second-order valence-electron chi connectivity index (χ2n) is 8.50. The Balaban J connectivity index is 1.26. The smallest absolute Gasteiger partial charge is 0.338 e. The molecule has 1 heterocycles. The number of benzene rings is 1. The van der Waals surface area contributed by atoms with Gasteiger partial charge >= 0.3 is 5.97 Å². The zero-order valence-electron chi connectivity index (χ0n) is 15.1. The topological polar surface area (TPSA) is 87.0 Å². The zero-order valence-corrected chi connectivity index (χ0v) is 15.1. The van der Waals surface area contributed by atoms with E-state index in [0.717, 1.165) is 19.3 Å². The standard InChI is InChI=1S/C20H22N4O3/c25-18(20-8-13-4-14(9-20)6-15(5-13)10-20)11-27-19(26)16-2-1-3-17(7-16)24-12-21-22-23-24/h1-3,7,12-15H,4-6,8-11H2. The van der Waals surface area contributed by atoms with Gasteiger partial charge in [0, 0.05) is 5.41 Å². The molecular weight excluding hydrogens is 344 g/mol. The molecule has 140 valence electrons. The largest absolute Gasteiger partial charge is 0.454 e. The first-order valence-electron chi connectivity index (χ1n) is 9.65. The molecule has 4 fully saturated rings. The second kappa shape index (κ2) is 6.25. The summed E-state index contributed by atoms with van der Waals surface area (Å²) in [5.74, 6) is 1.73. The van der Waals surface area contributed by atoms with E-state index < -0.39 is 5.97 Å². The van der Waals surface area contributed by atoms with Crippen LogP contribution in [0.25, 0.3) is 5.69 Å². The van der Waals surface area contributed by atoms with Crippen LogP contribution in [-0.2, 0) is 9.53 Å². The average Bonchev–Trinajstić information content (AvgIpc) is 3.19. The second-order valence-corrected chi connectivity index (χ2v) is 8.50. The molecule has 2 aromatic rings. The molecule has 7 nitrogen and oxygen atoms in total. The highest BCUT2D eigenvalue weighted by Gasteiger charge is 2.54. The van der Waals surface area contributed by atoms with Gasteiger partial charge in [0.25, 0.3) is 0 Å². The lowest BCUT2D eigenvalue weighted by molar-refractivity contribution is -0.147. The van der Waals surface area contributed by atoms with Crippen molar-refractivity contribution in [2.75, 3.05) is 6.61 Å². The van der Waals surface area contributed by atoms with E-state index in [-0.39, 0.29) is 17.8 Å². The van der Waals surface area contributed by atoms with E-state index in [9.17, 15) is 9.59 Å². The molecular formula is C20H22N4O3. The molecule has 6 rings (SSSR count). The van der Waals surface area contributed by atoms with Crippen molar-refractivity contribution < 1.29 is 14.3 Å². The summed E-state index contributed by atoms with van der Waals surface area (Å²) in [5.41, 5.74) is 0.826. The van der Waals surface area contributed by atoms with Crippen LogP contribution < -0.4 is 0 Å². The van der Waals surface area contributed by atoms with Gasteiger partial charge in [0.1, 0.15) is 6.33 Å². The monoisotopic (exact) mass is 366 g/mol. The fourth-order valence-corrected chi connectivity index (χ4v) is 5.87. The van der Waals surface area contributed by atoms with Crippen LogP contribution in [-0.4, -0.2) is 38.6 Å². The highest BCUT2D eigenvalue weighted by Crippen LogP contribution is 2.60. The SMILES string of the molecule is O=C(OCC(=O)C12CC3CC(CC(C3)C1)C2)c1cccc(-n2cnnn2)c1. The first-order valence-corrected chi connectivity index (χ1v) is 9.65. The number of carbonyl (C=O) groups excluding carboxylic acids is 2. The van der Waals surface area contributed by atoms with Gasteiger partial charge < -0.3 is 4.74 Å². The Kier molecular flexibility index (Phi) is 3.84. The Morgan fingerprint density at radius 2 is 1.81 bits per heavy atom. The average molecular weight is 366 g/mol. The van der Waals surface area contributed by atoms with Crippen LogP contribution in [0.4, 0.5) is 0 Å². The number of hydrogen-bond acceptors (Lipinski definition) is 6. The molecule has 0 amide bonds. The van der Waals surface area contributed by atoms with E-state index in [2.05, 4.69) is 15.5 Å². The van der Waals surface area contributed by atoms with Crippen LogP contribution in [0.15, 0.2) is 30.6 Å². The van der Waals surface area contributed by atoms with E-state index in [1.807, 2.05) is 0 Å². The summed E-state index contributed by atoms with van der Waals surface area (Å²) in [7, 11) is 0. The van der Waals surface area contributed by atoms with E-state index in [4.69, 9.17) is 4.74 Å². The van der Waals surface area contributed by atoms with Crippen molar-refractivity contribution in [3.63, 3.8) is 0 Å². The number of tetrazole rings is 1. The van der Waals surface area contributed by atoms with Gasteiger partial charge in [-0.3, -0.25) is 4.79 Å². The lowest BCUT2D eigenvalue weighted by atomic mass is 9.48. The number of Topliss-reactive ketones (excluding diaryl/α,β-unsaturated/α-hetero) is 1. The summed E-state index contributed by atoms with van der Waals surface area (Å²) in [6.45, 7) is -0.125. The normalized spacial score (nSPS) is 31.0. The Morgan fingerprint density at radius 1 is 1.11 bits per heavy atom. The molecule has 0 aliphatic heterocycles. The maximum Gasteiger partial charge on any atom is 0.338 e. The summed E-state index contributed by atoms with van der Waals surface area (Å²) in [6.07, 6.45) is 8.29. The van der Waals surface area contributed by atoms with E-state index in [1.54, 1.807) is 24.3 Å². The summed E-state index contributed by atoms with van der Waals surface area (Å²) in [6, 6.07) is 6.88. The summed E-state index contributed by atoms with van der Waals surface area (Å²) in [5, 5.41) is 11.0. The highest BCUT2D eigenvalue weighted by atomic mass is 16.5. The van der Waals surface area contributed by atoms with Crippen molar-refractivity contribution in [1.29, 1.82) is 0 Å². The lowest BCUT2D eigenvalue weighted by Crippen LogP contribution is -2.51. The molecule has 1 aromatic carbocycles. The third kappa shape index (κ3) is 2.95. The number of esters is 1. The minimum Gasteiger partial charge on any atom is -0.454 e. The van der Waals surface area contributed by atoms with E-state index in [0.29, 0.717) is 29.0 Å². The lowest BCUT2D eigenvalue weighted by Gasteiger charge is -2.55. The van der Waals surface area contributed by atoms with Crippen molar-refractivity contribution in [3.05, 3.63) is 36.2 Å². The highest BCUT2D eigenvalue weighted by molar-refractivity contribution is 5.93. The maximum absolute atomic E-state index is 13.0. The first kappa shape index (κ1) is 16.6. The van der Waals surface area contributed by atoms with Crippen LogP contribution in [0.2, 0.25) is 0 Å². The fraction of sp³-hybridized carbons (Fsp3) is 0.550. The summed E-state index contributed by atoms with van der Waals surface area (Å²) < 4.78 is 6.87. The minimum absolute atomic E-state index is 0.117. The molecule has 4 aliphatic carbocycles. The summed E-state index contributed by atoms with van der Waals surface area (Å²) in [4.78, 5) is 25.4. The predicted octanol–water partition coefficient (Wildman–Crippen LogP) is 2.60. The third-order valence-electron chi connectivity index (χ3n) is 6.66. The number of nitrogens with zero attached hydrogens (tertiary/aromatic N) is 4. The quantitative estimate of drug-likeness (QED) is 0.756. The maximum atomic E-state index is 13.0. The number of aromatic nitrogens is 4. The van der Waals surface area contributed by atoms with Gasteiger partial charge in [-0.05, 0) is 84.9 Å². The molecule has 0 spiro atoms. The number of ketones is 1. The summed E-state index contributed by atoms with van der Waals surface area (Å²) >= 11 is 0. The van der Waals surface area contributed by atoms with Crippen LogP contribution in [0.3, 0.4) is 0 Å². The minimum atomic E-state index is -0.483. The number of hydrogen-bond donors (Lipinski definition) is 0. The van der Waals surface area contributed by atoms with Gasteiger partial charge in [-0.25, -0.2) is 9.48 Å². The van der Waals surface area contributed by atoms with E-state index in [1.165, 1.54) is 30.3 Å². The predicted molar refractivity (Wildman–Crippen MR) is 95.0 cm³/mol. The van der Waals surface area contributed by atoms with Gasteiger partial charge in [0.15, 0.2) is 12.4 Å². The van der Waals surface area contributed by atoms with Gasteiger partial charge in [-0.15, -0.1) is 5.10 Å². The molecule has 0 atom stereocenters. The van der Waals surface area contributed by atoms with E-state index >= 15 is 0 Å². The molecule has 0 saturated heterocycles. The van der Waals surface area contributed by atoms with Gasteiger partial charge in [0.2, 0.25) is 0 Å². The van der Waals surface area contributed by atoms with Crippen LogP contribution >= 0.6 is 0 Å². The Morgan fingerprint density at radius 3 is 2.44 bits per heavy atom. The molecule has 0 unspecified atom stereocenters. The molecule has 4 bridgehead atoms. The van der Waals surface area contributed by atoms with Crippen molar-refractivity contribution in [3.8, 4) is 5.69 Å². The molecule has 4 aliphatic rings. The van der Waals surface area contributed by atoms with Gasteiger partial charge in [-0.1, -0.05) is 6.07 Å². The molecule has 0 N–H and O–H groups in total. The van der Waals surface area contributed by atoms with Crippen molar-refractivity contribution in [2.45, 2.75) is 38.5 Å². The molecule has 27 heavy (non-hydrogen) atoms. The molecule has 7 heteroatoms. The zero-order chi connectivity index (χ0) is 18.4. The number of ether oxygens (including phenoxy) is 1. The van der Waals surface area contributed by atoms with Crippen molar-refractivity contribution >= 4 is 11.8 Å².